The second-order valence-electron chi connectivity index (χ2n) is 4.10. The van der Waals surface area contributed by atoms with Gasteiger partial charge in [0.05, 0.1) is 21.9 Å². The molecule has 1 amide bonds. The van der Waals surface area contributed by atoms with Gasteiger partial charge in [-0.2, -0.15) is 0 Å². The van der Waals surface area contributed by atoms with E-state index in [1.807, 2.05) is 0 Å². The zero-order chi connectivity index (χ0) is 14.7. The number of nitro groups is 1. The summed E-state index contributed by atoms with van der Waals surface area (Å²) < 4.78 is 0. The van der Waals surface area contributed by atoms with Crippen molar-refractivity contribution in [2.75, 3.05) is 11.1 Å². The third kappa shape index (κ3) is 2.56. The lowest BCUT2D eigenvalue weighted by molar-refractivity contribution is -0.385. The first-order valence-corrected chi connectivity index (χ1v) is 5.76. The standard InChI is InChI=1S/C13H12N4O3/c1-8-10(5-2-6-11(8)17(19)20)16-13(18)12-9(14)4-3-7-15-12/h2-7H,14H2,1H3,(H,16,18). The van der Waals surface area contributed by atoms with Crippen molar-refractivity contribution >= 4 is 23.0 Å². The fourth-order valence-electron chi connectivity index (χ4n) is 1.75. The summed E-state index contributed by atoms with van der Waals surface area (Å²) in [6, 6.07) is 7.63. The molecule has 7 heteroatoms. The average Bonchev–Trinajstić information content (AvgIpc) is 2.41. The van der Waals surface area contributed by atoms with Gasteiger partial charge in [-0.1, -0.05) is 6.07 Å². The Morgan fingerprint density at radius 1 is 1.35 bits per heavy atom. The predicted octanol–water partition coefficient (Wildman–Crippen LogP) is 2.13. The van der Waals surface area contributed by atoms with Crippen LogP contribution in [0.4, 0.5) is 17.1 Å². The summed E-state index contributed by atoms with van der Waals surface area (Å²) in [5.74, 6) is -0.508. The SMILES string of the molecule is Cc1c(NC(=O)c2ncccc2N)cccc1[N+](=O)[O-]. The van der Waals surface area contributed by atoms with Crippen LogP contribution < -0.4 is 11.1 Å². The molecule has 0 bridgehead atoms. The molecule has 0 radical (unpaired) electrons. The summed E-state index contributed by atoms with van der Waals surface area (Å²) in [7, 11) is 0. The highest BCUT2D eigenvalue weighted by Crippen LogP contribution is 2.25. The van der Waals surface area contributed by atoms with Gasteiger partial charge in [-0.15, -0.1) is 0 Å². The van der Waals surface area contributed by atoms with E-state index in [9.17, 15) is 14.9 Å². The lowest BCUT2D eigenvalue weighted by Crippen LogP contribution is -2.16. The molecule has 2 aromatic rings. The number of hydrogen-bond donors (Lipinski definition) is 2. The number of anilines is 2. The number of amides is 1. The minimum Gasteiger partial charge on any atom is -0.397 e. The molecular formula is C13H12N4O3. The molecule has 0 fully saturated rings. The van der Waals surface area contributed by atoms with Gasteiger partial charge in [0.2, 0.25) is 0 Å². The zero-order valence-corrected chi connectivity index (χ0v) is 10.7. The van der Waals surface area contributed by atoms with Crippen LogP contribution in [0.5, 0.6) is 0 Å². The minimum atomic E-state index is -0.508. The molecule has 0 aliphatic heterocycles. The van der Waals surface area contributed by atoms with Gasteiger partial charge in [0.1, 0.15) is 0 Å². The molecule has 0 unspecified atom stereocenters. The number of nitrogens with one attached hydrogen (secondary N) is 1. The van der Waals surface area contributed by atoms with Crippen LogP contribution in [0.2, 0.25) is 0 Å². The number of rotatable bonds is 3. The van der Waals surface area contributed by atoms with Crippen molar-refractivity contribution < 1.29 is 9.72 Å². The third-order valence-electron chi connectivity index (χ3n) is 2.80. The summed E-state index contributed by atoms with van der Waals surface area (Å²) in [4.78, 5) is 26.3. The smallest absolute Gasteiger partial charge is 0.276 e. The quantitative estimate of drug-likeness (QED) is 0.656. The van der Waals surface area contributed by atoms with E-state index < -0.39 is 10.8 Å². The van der Waals surface area contributed by atoms with Crippen LogP contribution in [0, 0.1) is 17.0 Å². The van der Waals surface area contributed by atoms with Gasteiger partial charge in [0.15, 0.2) is 5.69 Å². The maximum absolute atomic E-state index is 12.0. The van der Waals surface area contributed by atoms with Gasteiger partial charge in [-0.25, -0.2) is 4.98 Å². The molecule has 0 saturated heterocycles. The van der Waals surface area contributed by atoms with E-state index in [0.29, 0.717) is 11.3 Å². The van der Waals surface area contributed by atoms with Crippen LogP contribution in [-0.2, 0) is 0 Å². The first-order valence-electron chi connectivity index (χ1n) is 5.76. The van der Waals surface area contributed by atoms with E-state index in [1.54, 1.807) is 25.1 Å². The van der Waals surface area contributed by atoms with Crippen molar-refractivity contribution in [1.82, 2.24) is 4.98 Å². The van der Waals surface area contributed by atoms with Crippen LogP contribution in [0.1, 0.15) is 16.1 Å². The van der Waals surface area contributed by atoms with Crippen molar-refractivity contribution in [3.8, 4) is 0 Å². The average molecular weight is 272 g/mol. The maximum atomic E-state index is 12.0. The first kappa shape index (κ1) is 13.5. The number of benzene rings is 1. The largest absolute Gasteiger partial charge is 0.397 e. The molecule has 0 aliphatic rings. The van der Waals surface area contributed by atoms with Gasteiger partial charge >= 0.3 is 0 Å². The number of hydrogen-bond acceptors (Lipinski definition) is 5. The molecule has 1 aromatic heterocycles. The lowest BCUT2D eigenvalue weighted by Gasteiger charge is -2.09. The van der Waals surface area contributed by atoms with Crippen molar-refractivity contribution in [3.05, 3.63) is 57.9 Å². The first-order chi connectivity index (χ1) is 9.50. The number of nitro benzene ring substituents is 1. The highest BCUT2D eigenvalue weighted by atomic mass is 16.6. The maximum Gasteiger partial charge on any atom is 0.276 e. The second kappa shape index (κ2) is 5.35. The number of nitrogens with zero attached hydrogens (tertiary/aromatic N) is 2. The van der Waals surface area contributed by atoms with E-state index in [-0.39, 0.29) is 17.1 Å². The number of nitrogens with two attached hydrogens (primary N) is 1. The molecule has 7 nitrogen and oxygen atoms in total. The van der Waals surface area contributed by atoms with E-state index in [0.717, 1.165) is 0 Å². The van der Waals surface area contributed by atoms with Crippen molar-refractivity contribution in [2.24, 2.45) is 0 Å². The fourth-order valence-corrected chi connectivity index (χ4v) is 1.75. The molecule has 2 rings (SSSR count). The Kier molecular flexibility index (Phi) is 3.60. The Hall–Kier alpha value is -2.96. The third-order valence-corrected chi connectivity index (χ3v) is 2.80. The number of carbonyl (C=O) groups excluding carboxylic acids is 1. The van der Waals surface area contributed by atoms with Crippen molar-refractivity contribution in [1.29, 1.82) is 0 Å². The van der Waals surface area contributed by atoms with Crippen molar-refractivity contribution in [3.63, 3.8) is 0 Å². The Labute approximate surface area is 114 Å². The Morgan fingerprint density at radius 2 is 2.10 bits per heavy atom. The van der Waals surface area contributed by atoms with Gasteiger partial charge in [-0.05, 0) is 25.1 Å². The van der Waals surface area contributed by atoms with E-state index >= 15 is 0 Å². The molecule has 102 valence electrons. The second-order valence-corrected chi connectivity index (χ2v) is 4.10. The number of nitrogen functional groups attached to an aromatic ring is 1. The summed E-state index contributed by atoms with van der Waals surface area (Å²) in [5, 5.41) is 13.4. The molecule has 0 saturated carbocycles. The molecule has 0 spiro atoms. The lowest BCUT2D eigenvalue weighted by atomic mass is 10.1. The van der Waals surface area contributed by atoms with Crippen LogP contribution in [0.3, 0.4) is 0 Å². The molecule has 0 atom stereocenters. The summed E-state index contributed by atoms with van der Waals surface area (Å²) in [6.45, 7) is 1.57. The molecule has 1 heterocycles. The molecule has 1 aromatic carbocycles. The predicted molar refractivity (Wildman–Crippen MR) is 74.4 cm³/mol. The number of aromatic nitrogens is 1. The van der Waals surface area contributed by atoms with E-state index in [2.05, 4.69) is 10.3 Å². The summed E-state index contributed by atoms with van der Waals surface area (Å²) in [6.07, 6.45) is 1.45. The Morgan fingerprint density at radius 3 is 2.75 bits per heavy atom. The molecule has 20 heavy (non-hydrogen) atoms. The summed E-state index contributed by atoms with van der Waals surface area (Å²) in [5.41, 5.74) is 6.66. The number of pyridine rings is 1. The van der Waals surface area contributed by atoms with Crippen LogP contribution >= 0.6 is 0 Å². The van der Waals surface area contributed by atoms with Gasteiger partial charge in [0, 0.05) is 12.3 Å². The molecule has 3 N–H and O–H groups in total. The fraction of sp³-hybridized carbons (Fsp3) is 0.0769. The number of carbonyl (C=O) groups is 1. The van der Waals surface area contributed by atoms with Crippen LogP contribution in [0.15, 0.2) is 36.5 Å². The minimum absolute atomic E-state index is 0.0585. The van der Waals surface area contributed by atoms with E-state index in [4.69, 9.17) is 5.73 Å². The monoisotopic (exact) mass is 272 g/mol. The Balaban J connectivity index is 2.32. The highest BCUT2D eigenvalue weighted by molar-refractivity contribution is 6.06. The summed E-state index contributed by atoms with van der Waals surface area (Å²) >= 11 is 0. The van der Waals surface area contributed by atoms with Gasteiger partial charge in [-0.3, -0.25) is 14.9 Å². The highest BCUT2D eigenvalue weighted by Gasteiger charge is 2.17. The topological polar surface area (TPSA) is 111 Å². The Bertz CT molecular complexity index is 685. The van der Waals surface area contributed by atoms with Crippen LogP contribution in [-0.4, -0.2) is 15.8 Å². The van der Waals surface area contributed by atoms with Crippen molar-refractivity contribution in [2.45, 2.75) is 6.92 Å². The van der Waals surface area contributed by atoms with Crippen LogP contribution in [0.25, 0.3) is 0 Å². The zero-order valence-electron chi connectivity index (χ0n) is 10.7. The molecule has 0 aliphatic carbocycles. The van der Waals surface area contributed by atoms with Gasteiger partial charge < -0.3 is 11.1 Å². The van der Waals surface area contributed by atoms with E-state index in [1.165, 1.54) is 18.3 Å². The van der Waals surface area contributed by atoms with Gasteiger partial charge in [0.25, 0.3) is 11.6 Å². The molecular weight excluding hydrogens is 260 g/mol. The normalized spacial score (nSPS) is 10.1.